The van der Waals surface area contributed by atoms with Gasteiger partial charge in [-0.2, -0.15) is 0 Å². The van der Waals surface area contributed by atoms with Crippen molar-refractivity contribution in [3.8, 4) is 0 Å². The average Bonchev–Trinajstić information content (AvgIpc) is 2.12. The Hall–Kier alpha value is -0.120. The number of nitrogens with two attached hydrogens (primary N) is 1. The van der Waals surface area contributed by atoms with Gasteiger partial charge in [0.25, 0.3) is 0 Å². The maximum absolute atomic E-state index is 8.61. The van der Waals surface area contributed by atoms with Crippen LogP contribution in [0.4, 0.5) is 0 Å². The van der Waals surface area contributed by atoms with Gasteiger partial charge >= 0.3 is 0 Å². The lowest BCUT2D eigenvalue weighted by Gasteiger charge is -2.33. The summed E-state index contributed by atoms with van der Waals surface area (Å²) in [6, 6.07) is 0. The van der Waals surface area contributed by atoms with E-state index < -0.39 is 0 Å². The van der Waals surface area contributed by atoms with Crippen molar-refractivity contribution in [1.82, 2.24) is 0 Å². The predicted octanol–water partition coefficient (Wildman–Crippen LogP) is 0.759. The largest absolute Gasteiger partial charge is 0.394 e. The quantitative estimate of drug-likeness (QED) is 0.626. The number of ether oxygens (including phenoxy) is 1. The Kier molecular flexibility index (Phi) is 5.46. The lowest BCUT2D eigenvalue weighted by atomic mass is 9.88. The smallest absolute Gasteiger partial charge is 0.0802 e. The first-order chi connectivity index (χ1) is 5.60. The van der Waals surface area contributed by atoms with Crippen LogP contribution in [-0.4, -0.2) is 30.5 Å². The SMILES string of the molecule is CCC(C)C(C)(CN)OCCO. The zero-order chi connectivity index (χ0) is 9.61. The summed E-state index contributed by atoms with van der Waals surface area (Å²) < 4.78 is 5.51. The summed E-state index contributed by atoms with van der Waals surface area (Å²) in [6.45, 7) is 7.16. The lowest BCUT2D eigenvalue weighted by molar-refractivity contribution is -0.0738. The van der Waals surface area contributed by atoms with Gasteiger partial charge in [-0.15, -0.1) is 0 Å². The second kappa shape index (κ2) is 5.51. The third-order valence-corrected chi connectivity index (χ3v) is 2.58. The van der Waals surface area contributed by atoms with Crippen LogP contribution >= 0.6 is 0 Å². The molecule has 0 saturated carbocycles. The summed E-state index contributed by atoms with van der Waals surface area (Å²) in [5.41, 5.74) is 5.34. The standard InChI is InChI=1S/C9H21NO2/c1-4-8(2)9(3,7-10)12-6-5-11/h8,11H,4-7,10H2,1-3H3. The molecule has 3 N–H and O–H groups in total. The second-order valence-corrected chi connectivity index (χ2v) is 3.40. The molecule has 2 unspecified atom stereocenters. The van der Waals surface area contributed by atoms with Gasteiger partial charge in [0.2, 0.25) is 0 Å². The Morgan fingerprint density at radius 1 is 1.58 bits per heavy atom. The van der Waals surface area contributed by atoms with Crippen LogP contribution in [0.1, 0.15) is 27.2 Å². The summed E-state index contributed by atoms with van der Waals surface area (Å²) in [7, 11) is 0. The molecule has 0 aliphatic heterocycles. The molecule has 3 nitrogen and oxygen atoms in total. The van der Waals surface area contributed by atoms with E-state index in [2.05, 4.69) is 13.8 Å². The van der Waals surface area contributed by atoms with Crippen molar-refractivity contribution in [1.29, 1.82) is 0 Å². The number of aliphatic hydroxyl groups excluding tert-OH is 1. The van der Waals surface area contributed by atoms with Crippen LogP contribution in [0.2, 0.25) is 0 Å². The van der Waals surface area contributed by atoms with Gasteiger partial charge in [0, 0.05) is 6.54 Å². The highest BCUT2D eigenvalue weighted by Gasteiger charge is 2.28. The fourth-order valence-corrected chi connectivity index (χ4v) is 1.11. The highest BCUT2D eigenvalue weighted by Crippen LogP contribution is 2.22. The molecule has 0 aliphatic rings. The minimum atomic E-state index is -0.280. The topological polar surface area (TPSA) is 55.5 Å². The van der Waals surface area contributed by atoms with Crippen molar-refractivity contribution in [2.75, 3.05) is 19.8 Å². The van der Waals surface area contributed by atoms with Gasteiger partial charge in [-0.3, -0.25) is 0 Å². The van der Waals surface area contributed by atoms with Gasteiger partial charge in [0.1, 0.15) is 0 Å². The van der Waals surface area contributed by atoms with E-state index in [-0.39, 0.29) is 12.2 Å². The van der Waals surface area contributed by atoms with Gasteiger partial charge in [0.15, 0.2) is 0 Å². The molecule has 0 aromatic rings. The Bertz CT molecular complexity index is 119. The molecule has 0 rings (SSSR count). The molecule has 2 atom stereocenters. The van der Waals surface area contributed by atoms with Crippen molar-refractivity contribution in [3.05, 3.63) is 0 Å². The minimum Gasteiger partial charge on any atom is -0.394 e. The van der Waals surface area contributed by atoms with Gasteiger partial charge in [0.05, 0.1) is 18.8 Å². The predicted molar refractivity (Wildman–Crippen MR) is 50.0 cm³/mol. The molecule has 0 saturated heterocycles. The number of hydrogen-bond donors (Lipinski definition) is 2. The third kappa shape index (κ3) is 3.09. The maximum Gasteiger partial charge on any atom is 0.0802 e. The van der Waals surface area contributed by atoms with E-state index in [4.69, 9.17) is 15.6 Å². The zero-order valence-electron chi connectivity index (χ0n) is 8.34. The van der Waals surface area contributed by atoms with Gasteiger partial charge in [-0.25, -0.2) is 0 Å². The fourth-order valence-electron chi connectivity index (χ4n) is 1.11. The molecule has 74 valence electrons. The van der Waals surface area contributed by atoms with Crippen molar-refractivity contribution < 1.29 is 9.84 Å². The molecule has 0 spiro atoms. The molecule has 0 fully saturated rings. The van der Waals surface area contributed by atoms with E-state index >= 15 is 0 Å². The summed E-state index contributed by atoms with van der Waals surface area (Å²) in [4.78, 5) is 0. The molecular weight excluding hydrogens is 154 g/mol. The lowest BCUT2D eigenvalue weighted by Crippen LogP contribution is -2.44. The third-order valence-electron chi connectivity index (χ3n) is 2.58. The Morgan fingerprint density at radius 2 is 2.17 bits per heavy atom. The Morgan fingerprint density at radius 3 is 2.50 bits per heavy atom. The molecule has 0 radical (unpaired) electrons. The molecule has 0 amide bonds. The normalized spacial score (nSPS) is 18.8. The molecule has 0 aliphatic carbocycles. The van der Waals surface area contributed by atoms with Crippen LogP contribution in [0.15, 0.2) is 0 Å². The van der Waals surface area contributed by atoms with Gasteiger partial charge in [-0.05, 0) is 12.8 Å². The number of aliphatic hydroxyl groups is 1. The first kappa shape index (κ1) is 11.9. The van der Waals surface area contributed by atoms with Crippen molar-refractivity contribution >= 4 is 0 Å². The van der Waals surface area contributed by atoms with E-state index in [0.29, 0.717) is 19.1 Å². The number of rotatable bonds is 6. The van der Waals surface area contributed by atoms with Crippen molar-refractivity contribution in [3.63, 3.8) is 0 Å². The summed E-state index contributed by atoms with van der Waals surface area (Å²) in [5, 5.41) is 8.61. The molecule has 3 heteroatoms. The monoisotopic (exact) mass is 175 g/mol. The van der Waals surface area contributed by atoms with E-state index in [1.54, 1.807) is 0 Å². The highest BCUT2D eigenvalue weighted by atomic mass is 16.5. The Labute approximate surface area is 74.9 Å². The van der Waals surface area contributed by atoms with Crippen LogP contribution in [0.25, 0.3) is 0 Å². The van der Waals surface area contributed by atoms with Crippen molar-refractivity contribution in [2.45, 2.75) is 32.8 Å². The van der Waals surface area contributed by atoms with E-state index in [1.807, 2.05) is 6.92 Å². The van der Waals surface area contributed by atoms with Gasteiger partial charge in [-0.1, -0.05) is 20.3 Å². The van der Waals surface area contributed by atoms with Crippen LogP contribution < -0.4 is 5.73 Å². The van der Waals surface area contributed by atoms with Crippen LogP contribution in [-0.2, 0) is 4.74 Å². The first-order valence-electron chi connectivity index (χ1n) is 4.55. The second-order valence-electron chi connectivity index (χ2n) is 3.40. The highest BCUT2D eigenvalue weighted by molar-refractivity contribution is 4.81. The van der Waals surface area contributed by atoms with E-state index in [1.165, 1.54) is 0 Å². The van der Waals surface area contributed by atoms with Crippen LogP contribution in [0, 0.1) is 5.92 Å². The van der Waals surface area contributed by atoms with E-state index in [0.717, 1.165) is 6.42 Å². The molecular formula is C9H21NO2. The molecule has 0 heterocycles. The van der Waals surface area contributed by atoms with Crippen molar-refractivity contribution in [2.24, 2.45) is 11.7 Å². The van der Waals surface area contributed by atoms with Crippen LogP contribution in [0.5, 0.6) is 0 Å². The summed E-state index contributed by atoms with van der Waals surface area (Å²) in [6.07, 6.45) is 1.04. The van der Waals surface area contributed by atoms with E-state index in [9.17, 15) is 0 Å². The average molecular weight is 175 g/mol. The van der Waals surface area contributed by atoms with Gasteiger partial charge < -0.3 is 15.6 Å². The molecule has 0 aromatic heterocycles. The molecule has 12 heavy (non-hydrogen) atoms. The maximum atomic E-state index is 8.61. The zero-order valence-corrected chi connectivity index (χ0v) is 8.34. The number of hydrogen-bond acceptors (Lipinski definition) is 3. The summed E-state index contributed by atoms with van der Waals surface area (Å²) in [5.74, 6) is 0.425. The fraction of sp³-hybridized carbons (Fsp3) is 1.00. The Balaban J connectivity index is 4.03. The molecule has 0 aromatic carbocycles. The first-order valence-corrected chi connectivity index (χ1v) is 4.55. The minimum absolute atomic E-state index is 0.0615. The summed E-state index contributed by atoms with van der Waals surface area (Å²) >= 11 is 0. The molecule has 0 bridgehead atoms. The van der Waals surface area contributed by atoms with Crippen LogP contribution in [0.3, 0.4) is 0 Å².